The highest BCUT2D eigenvalue weighted by atomic mass is 35.5. The molecule has 0 radical (unpaired) electrons. The molecule has 2 heterocycles. The number of benzene rings is 1. The smallest absolute Gasteiger partial charge is 0.280 e. The molecule has 1 atom stereocenters. The maximum atomic E-state index is 13.1. The summed E-state index contributed by atoms with van der Waals surface area (Å²) in [7, 11) is 0. The SMILES string of the molecule is FC(F)c1cc(-c2ccc(Cl)cc2)nc(NC[C@H]2CCCO2)n1. The first-order valence-electron chi connectivity index (χ1n) is 7.40. The molecule has 0 bridgehead atoms. The molecule has 0 unspecified atom stereocenters. The first-order chi connectivity index (χ1) is 11.1. The molecule has 3 rings (SSSR count). The van der Waals surface area contributed by atoms with Crippen LogP contribution >= 0.6 is 11.6 Å². The van der Waals surface area contributed by atoms with Crippen LogP contribution in [0.3, 0.4) is 0 Å². The van der Waals surface area contributed by atoms with Crippen molar-refractivity contribution in [3.8, 4) is 11.3 Å². The zero-order valence-corrected chi connectivity index (χ0v) is 13.1. The maximum absolute atomic E-state index is 13.1. The Kier molecular flexibility index (Phi) is 5.03. The number of nitrogens with one attached hydrogen (secondary N) is 1. The molecular weight excluding hydrogens is 324 g/mol. The van der Waals surface area contributed by atoms with Crippen molar-refractivity contribution in [2.24, 2.45) is 0 Å². The second-order valence-electron chi connectivity index (χ2n) is 5.33. The average molecular weight is 340 g/mol. The molecular formula is C16H16ClF2N3O. The van der Waals surface area contributed by atoms with Gasteiger partial charge in [-0.3, -0.25) is 0 Å². The van der Waals surface area contributed by atoms with Crippen molar-refractivity contribution in [3.05, 3.63) is 41.0 Å². The van der Waals surface area contributed by atoms with Crippen LogP contribution in [0.25, 0.3) is 11.3 Å². The number of aromatic nitrogens is 2. The summed E-state index contributed by atoms with van der Waals surface area (Å²) >= 11 is 5.86. The highest BCUT2D eigenvalue weighted by Crippen LogP contribution is 2.25. The minimum absolute atomic E-state index is 0.0767. The van der Waals surface area contributed by atoms with Crippen LogP contribution in [0.2, 0.25) is 5.02 Å². The molecule has 0 amide bonds. The quantitative estimate of drug-likeness (QED) is 0.881. The zero-order chi connectivity index (χ0) is 16.2. The molecule has 1 N–H and O–H groups in total. The van der Waals surface area contributed by atoms with Gasteiger partial charge in [0.25, 0.3) is 6.43 Å². The maximum Gasteiger partial charge on any atom is 0.280 e. The van der Waals surface area contributed by atoms with Crippen molar-refractivity contribution >= 4 is 17.5 Å². The molecule has 0 spiro atoms. The predicted octanol–water partition coefficient (Wildman–Crippen LogP) is 4.33. The lowest BCUT2D eigenvalue weighted by Gasteiger charge is -2.13. The third-order valence-corrected chi connectivity index (χ3v) is 3.87. The fourth-order valence-electron chi connectivity index (χ4n) is 2.44. The van der Waals surface area contributed by atoms with E-state index in [1.165, 1.54) is 6.07 Å². The van der Waals surface area contributed by atoms with Gasteiger partial charge in [0.05, 0.1) is 11.8 Å². The number of hydrogen-bond acceptors (Lipinski definition) is 4. The van der Waals surface area contributed by atoms with Crippen molar-refractivity contribution < 1.29 is 13.5 Å². The molecule has 23 heavy (non-hydrogen) atoms. The van der Waals surface area contributed by atoms with Gasteiger partial charge in [0.2, 0.25) is 5.95 Å². The van der Waals surface area contributed by atoms with Crippen LogP contribution < -0.4 is 5.32 Å². The van der Waals surface area contributed by atoms with Gasteiger partial charge < -0.3 is 10.1 Å². The predicted molar refractivity (Wildman–Crippen MR) is 84.9 cm³/mol. The van der Waals surface area contributed by atoms with E-state index in [9.17, 15) is 8.78 Å². The van der Waals surface area contributed by atoms with Crippen LogP contribution in [0.15, 0.2) is 30.3 Å². The minimum atomic E-state index is -2.66. The second-order valence-corrected chi connectivity index (χ2v) is 5.76. The Balaban J connectivity index is 1.84. The Labute approximate surface area is 137 Å². The van der Waals surface area contributed by atoms with Crippen molar-refractivity contribution in [2.45, 2.75) is 25.4 Å². The van der Waals surface area contributed by atoms with E-state index in [-0.39, 0.29) is 17.7 Å². The highest BCUT2D eigenvalue weighted by molar-refractivity contribution is 6.30. The first-order valence-corrected chi connectivity index (χ1v) is 7.78. The Morgan fingerprint density at radius 3 is 2.70 bits per heavy atom. The molecule has 0 saturated carbocycles. The Morgan fingerprint density at radius 1 is 1.26 bits per heavy atom. The molecule has 2 aromatic rings. The van der Waals surface area contributed by atoms with Crippen LogP contribution in [-0.4, -0.2) is 29.2 Å². The molecule has 1 aromatic heterocycles. The van der Waals surface area contributed by atoms with Gasteiger partial charge in [0.15, 0.2) is 0 Å². The topological polar surface area (TPSA) is 47.0 Å². The lowest BCUT2D eigenvalue weighted by atomic mass is 10.1. The number of alkyl halides is 2. The monoisotopic (exact) mass is 339 g/mol. The van der Waals surface area contributed by atoms with Crippen LogP contribution in [-0.2, 0) is 4.74 Å². The van der Waals surface area contributed by atoms with Crippen LogP contribution in [0.5, 0.6) is 0 Å². The average Bonchev–Trinajstić information content (AvgIpc) is 3.07. The van der Waals surface area contributed by atoms with Gasteiger partial charge in [-0.2, -0.15) is 0 Å². The Morgan fingerprint density at radius 2 is 2.04 bits per heavy atom. The van der Waals surface area contributed by atoms with E-state index < -0.39 is 6.43 Å². The standard InChI is InChI=1S/C16H16ClF2N3O/c17-11-5-3-10(4-6-11)13-8-14(15(18)19)22-16(21-13)20-9-12-2-1-7-23-12/h3-6,8,12,15H,1-2,7,9H2,(H,20,21,22)/t12-/m1/s1. The van der Waals surface area contributed by atoms with Crippen molar-refractivity contribution in [1.29, 1.82) is 0 Å². The molecule has 1 aliphatic heterocycles. The summed E-state index contributed by atoms with van der Waals surface area (Å²) in [6.07, 6.45) is -0.619. The normalized spacial score (nSPS) is 17.7. The summed E-state index contributed by atoms with van der Waals surface area (Å²) in [5.41, 5.74) is 0.834. The number of ether oxygens (including phenoxy) is 1. The summed E-state index contributed by atoms with van der Waals surface area (Å²) in [4.78, 5) is 8.21. The van der Waals surface area contributed by atoms with Crippen molar-refractivity contribution in [2.75, 3.05) is 18.5 Å². The first kappa shape index (κ1) is 16.1. The van der Waals surface area contributed by atoms with E-state index in [1.807, 2.05) is 0 Å². The summed E-state index contributed by atoms with van der Waals surface area (Å²) in [6, 6.07) is 8.17. The molecule has 122 valence electrons. The molecule has 4 nitrogen and oxygen atoms in total. The number of halogens is 3. The zero-order valence-electron chi connectivity index (χ0n) is 12.3. The largest absolute Gasteiger partial charge is 0.376 e. The molecule has 7 heteroatoms. The van der Waals surface area contributed by atoms with E-state index in [4.69, 9.17) is 16.3 Å². The molecule has 1 fully saturated rings. The second kappa shape index (κ2) is 7.19. The molecule has 1 saturated heterocycles. The van der Waals surface area contributed by atoms with Gasteiger partial charge in [-0.05, 0) is 31.0 Å². The number of hydrogen-bond donors (Lipinski definition) is 1. The van der Waals surface area contributed by atoms with E-state index in [0.29, 0.717) is 22.8 Å². The lowest BCUT2D eigenvalue weighted by molar-refractivity contribution is 0.120. The van der Waals surface area contributed by atoms with Gasteiger partial charge in [-0.1, -0.05) is 23.7 Å². The van der Waals surface area contributed by atoms with E-state index >= 15 is 0 Å². The number of rotatable bonds is 5. The molecule has 0 aliphatic carbocycles. The summed E-state index contributed by atoms with van der Waals surface area (Å²) < 4.78 is 31.7. The van der Waals surface area contributed by atoms with Crippen LogP contribution in [0.4, 0.5) is 14.7 Å². The summed E-state index contributed by atoms with van der Waals surface area (Å²) in [5.74, 6) is 0.184. The van der Waals surface area contributed by atoms with Gasteiger partial charge >= 0.3 is 0 Å². The summed E-state index contributed by atoms with van der Waals surface area (Å²) in [6.45, 7) is 1.24. The number of nitrogens with zero attached hydrogens (tertiary/aromatic N) is 2. The van der Waals surface area contributed by atoms with Crippen LogP contribution in [0, 0.1) is 0 Å². The molecule has 1 aliphatic rings. The Hall–Kier alpha value is -1.79. The third kappa shape index (κ3) is 4.14. The van der Waals surface area contributed by atoms with Gasteiger partial charge in [-0.25, -0.2) is 18.7 Å². The minimum Gasteiger partial charge on any atom is -0.376 e. The van der Waals surface area contributed by atoms with Crippen LogP contribution in [0.1, 0.15) is 25.0 Å². The van der Waals surface area contributed by atoms with Gasteiger partial charge in [-0.15, -0.1) is 0 Å². The van der Waals surface area contributed by atoms with E-state index in [2.05, 4.69) is 15.3 Å². The van der Waals surface area contributed by atoms with Crippen molar-refractivity contribution in [1.82, 2.24) is 9.97 Å². The molecule has 1 aromatic carbocycles. The van der Waals surface area contributed by atoms with Gasteiger partial charge in [0.1, 0.15) is 5.69 Å². The van der Waals surface area contributed by atoms with Gasteiger partial charge in [0, 0.05) is 23.7 Å². The number of anilines is 1. The Bertz CT molecular complexity index is 661. The lowest BCUT2D eigenvalue weighted by Crippen LogP contribution is -2.20. The third-order valence-electron chi connectivity index (χ3n) is 3.62. The fourth-order valence-corrected chi connectivity index (χ4v) is 2.56. The summed E-state index contributed by atoms with van der Waals surface area (Å²) in [5, 5.41) is 3.57. The fraction of sp³-hybridized carbons (Fsp3) is 0.375. The van der Waals surface area contributed by atoms with E-state index in [0.717, 1.165) is 19.4 Å². The highest BCUT2D eigenvalue weighted by Gasteiger charge is 2.17. The van der Waals surface area contributed by atoms with E-state index in [1.54, 1.807) is 24.3 Å². The van der Waals surface area contributed by atoms with Crippen molar-refractivity contribution in [3.63, 3.8) is 0 Å².